The molecule has 1 heterocycles. The molecule has 5 aromatic rings. The van der Waals surface area contributed by atoms with Gasteiger partial charge < -0.3 is 31.4 Å². The van der Waals surface area contributed by atoms with E-state index >= 15 is 0 Å². The summed E-state index contributed by atoms with van der Waals surface area (Å²) in [6.45, 7) is 2.02. The Balaban J connectivity index is 0.000000194. The third-order valence-corrected chi connectivity index (χ3v) is 5.29. The summed E-state index contributed by atoms with van der Waals surface area (Å²) in [4.78, 5) is 0. The van der Waals surface area contributed by atoms with Crippen LogP contribution in [-0.2, 0) is 6.18 Å². The molecule has 0 saturated heterocycles. The third kappa shape index (κ3) is 10.6. The number of para-hydroxylation sites is 1. The molecule has 0 saturated carbocycles. The molecule has 0 aliphatic carbocycles. The van der Waals surface area contributed by atoms with E-state index in [0.29, 0.717) is 22.9 Å². The average molecular weight is 570 g/mol. The van der Waals surface area contributed by atoms with Crippen molar-refractivity contribution in [3.05, 3.63) is 102 Å². The van der Waals surface area contributed by atoms with Gasteiger partial charge in [0.2, 0.25) is 5.75 Å². The Bertz CT molecular complexity index is 1430. The van der Waals surface area contributed by atoms with E-state index in [0.717, 1.165) is 28.7 Å². The van der Waals surface area contributed by atoms with Crippen molar-refractivity contribution in [3.63, 3.8) is 0 Å². The second kappa shape index (κ2) is 15.5. The summed E-state index contributed by atoms with van der Waals surface area (Å²) in [7, 11) is 4.66. The maximum Gasteiger partial charge on any atom is 0.416 e. The first-order valence-corrected chi connectivity index (χ1v) is 12.2. The van der Waals surface area contributed by atoms with Crippen LogP contribution < -0.4 is 31.4 Å². The highest BCUT2D eigenvalue weighted by Gasteiger charge is 2.30. The van der Waals surface area contributed by atoms with Crippen molar-refractivity contribution in [2.24, 2.45) is 0 Å². The number of aromatic amines is 1. The smallest absolute Gasteiger partial charge is 0.416 e. The number of aryl methyl sites for hydroxylation is 1. The van der Waals surface area contributed by atoms with Crippen LogP contribution in [0.4, 0.5) is 30.2 Å². The van der Waals surface area contributed by atoms with Gasteiger partial charge in [0.25, 0.3) is 0 Å². The van der Waals surface area contributed by atoms with E-state index in [2.05, 4.69) is 10.2 Å². The molecule has 0 unspecified atom stereocenters. The second-order valence-corrected chi connectivity index (χ2v) is 8.45. The molecule has 0 bridgehead atoms. The quantitative estimate of drug-likeness (QED) is 0.177. The monoisotopic (exact) mass is 569 g/mol. The molecule has 0 radical (unpaired) electrons. The Hall–Kier alpha value is -5.06. The van der Waals surface area contributed by atoms with E-state index in [-0.39, 0.29) is 5.69 Å². The number of fused-ring (bicyclic) bond motifs is 1. The molecular formula is C30H34F3N5O3. The molecule has 8 nitrogen and oxygen atoms in total. The molecule has 0 atom stereocenters. The number of anilines is 3. The van der Waals surface area contributed by atoms with Gasteiger partial charge in [0.05, 0.1) is 38.6 Å². The summed E-state index contributed by atoms with van der Waals surface area (Å²) < 4.78 is 51.0. The second-order valence-electron chi connectivity index (χ2n) is 8.45. The summed E-state index contributed by atoms with van der Waals surface area (Å²) in [5.74, 6) is 1.69. The number of ether oxygens (including phenoxy) is 3. The first-order chi connectivity index (χ1) is 19.5. The normalized spacial score (nSPS) is 10.1. The van der Waals surface area contributed by atoms with Gasteiger partial charge in [-0.15, -0.1) is 0 Å². The minimum Gasteiger partial charge on any atom is -0.493 e. The van der Waals surface area contributed by atoms with Gasteiger partial charge in [0.1, 0.15) is 0 Å². The van der Waals surface area contributed by atoms with E-state index in [1.54, 1.807) is 33.5 Å². The van der Waals surface area contributed by atoms with Crippen molar-refractivity contribution in [2.75, 3.05) is 38.5 Å². The van der Waals surface area contributed by atoms with Crippen LogP contribution in [-0.4, -0.2) is 31.5 Å². The number of hydrogen-bond acceptors (Lipinski definition) is 7. The zero-order valence-corrected chi connectivity index (χ0v) is 23.2. The molecule has 0 aliphatic rings. The van der Waals surface area contributed by atoms with Gasteiger partial charge in [0, 0.05) is 34.6 Å². The zero-order chi connectivity index (χ0) is 30.4. The van der Waals surface area contributed by atoms with Crippen LogP contribution in [0, 0.1) is 6.92 Å². The summed E-state index contributed by atoms with van der Waals surface area (Å²) in [5, 5.41) is 7.91. The fraction of sp³-hybridized carbons (Fsp3) is 0.167. The standard InChI is InChI=1S/C9H13NO3.C7H6F3N.C7H6N2.C7H9N/c1-11-7-4-6(10)5-8(12-2)9(7)13-3;8-7(9,10)5-2-1-3-6(11)4-5;1-2-4-7-6(3-1)5-8-9-7;1-6-3-2-4-7(8)5-6/h4-5H,10H2,1-3H3;1-4H,11H2;1-5H,(H,8,9);2-5H,8H2,1H3. The molecule has 0 amide bonds. The topological polar surface area (TPSA) is 134 Å². The number of halogens is 3. The number of benzene rings is 4. The maximum absolute atomic E-state index is 11.9. The molecule has 4 aromatic carbocycles. The number of rotatable bonds is 3. The first-order valence-electron chi connectivity index (χ1n) is 12.2. The number of aromatic nitrogens is 2. The number of nitrogens with two attached hydrogens (primary N) is 3. The maximum atomic E-state index is 11.9. The molecular weight excluding hydrogens is 535 g/mol. The van der Waals surface area contributed by atoms with Gasteiger partial charge in [-0.3, -0.25) is 5.10 Å². The lowest BCUT2D eigenvalue weighted by Crippen LogP contribution is -2.04. The molecule has 0 fully saturated rings. The van der Waals surface area contributed by atoms with Crippen LogP contribution in [0.3, 0.4) is 0 Å². The Morgan fingerprint density at radius 2 is 1.27 bits per heavy atom. The lowest BCUT2D eigenvalue weighted by Gasteiger charge is -2.12. The van der Waals surface area contributed by atoms with Crippen molar-refractivity contribution >= 4 is 28.0 Å². The van der Waals surface area contributed by atoms with Gasteiger partial charge in [-0.25, -0.2) is 0 Å². The highest BCUT2D eigenvalue weighted by molar-refractivity contribution is 5.77. The number of nitrogen functional groups attached to an aromatic ring is 3. The fourth-order valence-corrected chi connectivity index (χ4v) is 3.37. The van der Waals surface area contributed by atoms with Crippen molar-refractivity contribution in [1.82, 2.24) is 10.2 Å². The van der Waals surface area contributed by atoms with Gasteiger partial charge in [-0.05, 0) is 48.9 Å². The molecule has 41 heavy (non-hydrogen) atoms. The van der Waals surface area contributed by atoms with E-state index in [9.17, 15) is 13.2 Å². The number of nitrogens with one attached hydrogen (secondary N) is 1. The van der Waals surface area contributed by atoms with Crippen LogP contribution in [0.1, 0.15) is 11.1 Å². The highest BCUT2D eigenvalue weighted by Crippen LogP contribution is 2.38. The molecule has 5 rings (SSSR count). The molecule has 7 N–H and O–H groups in total. The number of nitrogens with zero attached hydrogens (tertiary/aromatic N) is 1. The Labute approximate surface area is 236 Å². The summed E-state index contributed by atoms with van der Waals surface area (Å²) in [6, 6.07) is 23.8. The Kier molecular flexibility index (Phi) is 12.2. The Morgan fingerprint density at radius 1 is 0.683 bits per heavy atom. The van der Waals surface area contributed by atoms with Crippen LogP contribution in [0.15, 0.2) is 91.1 Å². The van der Waals surface area contributed by atoms with Gasteiger partial charge in [-0.1, -0.05) is 36.4 Å². The summed E-state index contributed by atoms with van der Waals surface area (Å²) >= 11 is 0. The van der Waals surface area contributed by atoms with Crippen LogP contribution in [0.5, 0.6) is 17.2 Å². The van der Waals surface area contributed by atoms with Crippen LogP contribution >= 0.6 is 0 Å². The summed E-state index contributed by atoms with van der Waals surface area (Å²) in [5.41, 5.74) is 19.4. The van der Waals surface area contributed by atoms with Crippen molar-refractivity contribution in [1.29, 1.82) is 0 Å². The zero-order valence-electron chi connectivity index (χ0n) is 23.2. The van der Waals surface area contributed by atoms with Gasteiger partial charge >= 0.3 is 6.18 Å². The van der Waals surface area contributed by atoms with Crippen LogP contribution in [0.25, 0.3) is 10.9 Å². The van der Waals surface area contributed by atoms with E-state index < -0.39 is 11.7 Å². The fourth-order valence-electron chi connectivity index (χ4n) is 3.37. The van der Waals surface area contributed by atoms with Crippen molar-refractivity contribution in [2.45, 2.75) is 13.1 Å². The third-order valence-electron chi connectivity index (χ3n) is 5.29. The van der Waals surface area contributed by atoms with Crippen LogP contribution in [0.2, 0.25) is 0 Å². The molecule has 218 valence electrons. The molecule has 0 spiro atoms. The first kappa shape index (κ1) is 32.2. The predicted molar refractivity (Wildman–Crippen MR) is 158 cm³/mol. The average Bonchev–Trinajstić information content (AvgIpc) is 3.42. The molecule has 11 heteroatoms. The SMILES string of the molecule is COc1cc(N)cc(OC)c1OC.Cc1cccc(N)c1.Nc1cccc(C(F)(F)F)c1.c1ccc2[nH]ncc2c1. The Morgan fingerprint density at radius 3 is 1.71 bits per heavy atom. The number of alkyl halides is 3. The molecule has 1 aromatic heterocycles. The highest BCUT2D eigenvalue weighted by atomic mass is 19.4. The predicted octanol–water partition coefficient (Wildman–Crippen LogP) is 6.72. The largest absolute Gasteiger partial charge is 0.493 e. The lowest BCUT2D eigenvalue weighted by atomic mass is 10.2. The number of methoxy groups -OCH3 is 3. The van der Waals surface area contributed by atoms with E-state index in [1.165, 1.54) is 17.7 Å². The van der Waals surface area contributed by atoms with E-state index in [1.807, 2.05) is 61.7 Å². The minimum atomic E-state index is -4.30. The van der Waals surface area contributed by atoms with Crippen molar-refractivity contribution in [3.8, 4) is 17.2 Å². The van der Waals surface area contributed by atoms with Gasteiger partial charge in [0.15, 0.2) is 11.5 Å². The number of H-pyrrole nitrogens is 1. The number of hydrogen-bond donors (Lipinski definition) is 4. The van der Waals surface area contributed by atoms with E-state index in [4.69, 9.17) is 31.4 Å². The minimum absolute atomic E-state index is 0.125. The summed E-state index contributed by atoms with van der Waals surface area (Å²) in [6.07, 6.45) is -2.48. The van der Waals surface area contributed by atoms with Gasteiger partial charge in [-0.2, -0.15) is 18.3 Å². The molecule has 0 aliphatic heterocycles. The lowest BCUT2D eigenvalue weighted by molar-refractivity contribution is -0.137. The van der Waals surface area contributed by atoms with Crippen molar-refractivity contribution < 1.29 is 27.4 Å².